The lowest BCUT2D eigenvalue weighted by molar-refractivity contribution is 0.437. The van der Waals surface area contributed by atoms with Crippen molar-refractivity contribution < 1.29 is 13.5 Å². The monoisotopic (exact) mass is 457 g/mol. The third kappa shape index (κ3) is 4.38. The van der Waals surface area contributed by atoms with Gasteiger partial charge in [-0.05, 0) is 31.2 Å². The summed E-state index contributed by atoms with van der Waals surface area (Å²) in [5.41, 5.74) is 1.97. The minimum absolute atomic E-state index is 0.0324. The molecular weight excluding hydrogens is 444 g/mol. The number of hydrogen-bond acceptors (Lipinski definition) is 6. The van der Waals surface area contributed by atoms with Crippen LogP contribution in [0.5, 0.6) is 11.5 Å². The smallest absolute Gasteiger partial charge is 0.251 e. The van der Waals surface area contributed by atoms with Crippen LogP contribution in [-0.4, -0.2) is 20.0 Å². The summed E-state index contributed by atoms with van der Waals surface area (Å²) in [5.74, 6) is -0.153. The van der Waals surface area contributed by atoms with Gasteiger partial charge >= 0.3 is 0 Å². The summed E-state index contributed by atoms with van der Waals surface area (Å²) in [6.45, 7) is 1.83. The lowest BCUT2D eigenvalue weighted by Crippen LogP contribution is -1.98. The fourth-order valence-corrected chi connectivity index (χ4v) is 3.42. The first kappa shape index (κ1) is 20.8. The highest BCUT2D eigenvalue weighted by Crippen LogP contribution is 2.36. The van der Waals surface area contributed by atoms with Crippen molar-refractivity contribution in [2.45, 2.75) is 13.3 Å². The minimum atomic E-state index is -0.678. The fourth-order valence-electron chi connectivity index (χ4n) is 3.01. The Bertz CT molecular complexity index is 1330. The van der Waals surface area contributed by atoms with E-state index in [-0.39, 0.29) is 45.0 Å². The Hall–Kier alpha value is -3.41. The third-order valence-corrected chi connectivity index (χ3v) is 4.92. The van der Waals surface area contributed by atoms with E-state index in [0.717, 1.165) is 5.69 Å². The molecule has 156 valence electrons. The van der Waals surface area contributed by atoms with Gasteiger partial charge in [-0.25, -0.2) is 4.39 Å². The van der Waals surface area contributed by atoms with E-state index in [4.69, 9.17) is 37.6 Å². The van der Waals surface area contributed by atoms with Crippen LogP contribution in [0.3, 0.4) is 0 Å². The maximum absolute atomic E-state index is 15.2. The lowest BCUT2D eigenvalue weighted by Gasteiger charge is -2.11. The first-order valence-corrected chi connectivity index (χ1v) is 9.78. The second-order valence-corrected chi connectivity index (χ2v) is 7.56. The van der Waals surface area contributed by atoms with Crippen molar-refractivity contribution in [1.82, 2.24) is 20.0 Å². The van der Waals surface area contributed by atoms with Gasteiger partial charge in [0.25, 0.3) is 5.89 Å². The lowest BCUT2D eigenvalue weighted by atomic mass is 10.1. The van der Waals surface area contributed by atoms with Crippen molar-refractivity contribution >= 4 is 23.2 Å². The van der Waals surface area contributed by atoms with Crippen molar-refractivity contribution in [3.63, 3.8) is 0 Å². The molecule has 4 rings (SSSR count). The van der Waals surface area contributed by atoms with E-state index >= 15 is 4.39 Å². The quantitative estimate of drug-likeness (QED) is 0.394. The molecule has 0 radical (unpaired) electrons. The first-order chi connectivity index (χ1) is 14.8. The Morgan fingerprint density at radius 3 is 2.74 bits per heavy atom. The molecule has 2 aromatic heterocycles. The Kier molecular flexibility index (Phi) is 5.63. The molecule has 0 N–H and O–H groups in total. The third-order valence-electron chi connectivity index (χ3n) is 4.40. The number of aromatic nitrogens is 4. The summed E-state index contributed by atoms with van der Waals surface area (Å²) in [6.07, 6.45) is 1.80. The normalized spacial score (nSPS) is 10.8. The number of halogens is 3. The van der Waals surface area contributed by atoms with Crippen LogP contribution in [-0.2, 0) is 13.5 Å². The molecule has 0 atom stereocenters. The van der Waals surface area contributed by atoms with E-state index in [1.807, 2.05) is 13.0 Å². The summed E-state index contributed by atoms with van der Waals surface area (Å²) in [7, 11) is 1.79. The number of nitrogens with zero attached hydrogens (tertiary/aromatic N) is 5. The van der Waals surface area contributed by atoms with Gasteiger partial charge in [0.05, 0.1) is 34.3 Å². The van der Waals surface area contributed by atoms with Gasteiger partial charge in [0.2, 0.25) is 5.89 Å². The molecule has 0 aliphatic heterocycles. The predicted molar refractivity (Wildman–Crippen MR) is 112 cm³/mol. The number of aryl methyl sites for hydroxylation is 2. The molecule has 0 amide bonds. The van der Waals surface area contributed by atoms with Gasteiger partial charge in [0.15, 0.2) is 11.6 Å². The number of nitriles is 1. The van der Waals surface area contributed by atoms with Gasteiger partial charge in [-0.2, -0.15) is 10.4 Å². The highest BCUT2D eigenvalue weighted by molar-refractivity contribution is 6.32. The molecular formula is C21H14Cl2FN5O2. The summed E-state index contributed by atoms with van der Waals surface area (Å²) < 4.78 is 28.1. The summed E-state index contributed by atoms with van der Waals surface area (Å²) >= 11 is 12.1. The van der Waals surface area contributed by atoms with E-state index in [1.54, 1.807) is 17.9 Å². The molecule has 2 heterocycles. The number of benzene rings is 2. The largest absolute Gasteiger partial charge is 0.453 e. The van der Waals surface area contributed by atoms with E-state index < -0.39 is 5.82 Å². The van der Waals surface area contributed by atoms with Crippen molar-refractivity contribution in [3.05, 3.63) is 75.1 Å². The molecule has 31 heavy (non-hydrogen) atoms. The van der Waals surface area contributed by atoms with Crippen molar-refractivity contribution in [2.24, 2.45) is 7.05 Å². The second kappa shape index (κ2) is 8.38. The predicted octanol–water partition coefficient (Wildman–Crippen LogP) is 5.48. The summed E-state index contributed by atoms with van der Waals surface area (Å²) in [5, 5.41) is 21.7. The maximum atomic E-state index is 15.2. The molecule has 0 fully saturated rings. The van der Waals surface area contributed by atoms with Crippen LogP contribution >= 0.6 is 23.2 Å². The Balaban J connectivity index is 1.62. The fraction of sp³-hybridized carbons (Fsp3) is 0.143. The maximum Gasteiger partial charge on any atom is 0.251 e. The first-order valence-electron chi connectivity index (χ1n) is 9.02. The molecule has 0 saturated carbocycles. The van der Waals surface area contributed by atoms with E-state index in [0.29, 0.717) is 11.5 Å². The zero-order chi connectivity index (χ0) is 22.1. The SMILES string of the molecule is Cc1nn(C)cc1-c1nnc(Cc2ccc(Cl)c(Oc3cc(Cl)cc(C#N)c3)c2F)o1. The van der Waals surface area contributed by atoms with Crippen LogP contribution in [0.15, 0.2) is 40.9 Å². The topological polar surface area (TPSA) is 89.8 Å². The number of hydrogen-bond donors (Lipinski definition) is 0. The molecule has 0 aliphatic carbocycles. The van der Waals surface area contributed by atoms with Crippen LogP contribution in [0.4, 0.5) is 4.39 Å². The molecule has 2 aromatic carbocycles. The zero-order valence-corrected chi connectivity index (χ0v) is 17.9. The van der Waals surface area contributed by atoms with Gasteiger partial charge in [-0.1, -0.05) is 29.3 Å². The average molecular weight is 458 g/mol. The standard InChI is InChI=1S/C21H14Cl2FN5O2/c1-11-16(10-29(2)28-11)21-27-26-18(31-21)7-13-3-4-17(23)20(19(13)24)30-15-6-12(9-25)5-14(22)8-15/h3-6,8,10H,7H2,1-2H3. The minimum Gasteiger partial charge on any atom is -0.453 e. The van der Waals surface area contributed by atoms with Crippen molar-refractivity contribution in [1.29, 1.82) is 5.26 Å². The van der Waals surface area contributed by atoms with E-state index in [1.165, 1.54) is 30.3 Å². The summed E-state index contributed by atoms with van der Waals surface area (Å²) in [4.78, 5) is 0. The number of ether oxygens (including phenoxy) is 1. The van der Waals surface area contributed by atoms with Crippen LogP contribution in [0, 0.1) is 24.1 Å². The molecule has 0 spiro atoms. The molecule has 7 nitrogen and oxygen atoms in total. The highest BCUT2D eigenvalue weighted by atomic mass is 35.5. The van der Waals surface area contributed by atoms with Gasteiger partial charge in [0, 0.05) is 23.8 Å². The average Bonchev–Trinajstić information content (AvgIpc) is 3.32. The van der Waals surface area contributed by atoms with Gasteiger partial charge < -0.3 is 9.15 Å². The molecule has 0 unspecified atom stereocenters. The Morgan fingerprint density at radius 1 is 1.23 bits per heavy atom. The van der Waals surface area contributed by atoms with Crippen LogP contribution < -0.4 is 4.74 Å². The second-order valence-electron chi connectivity index (χ2n) is 6.72. The van der Waals surface area contributed by atoms with Crippen LogP contribution in [0.2, 0.25) is 10.0 Å². The van der Waals surface area contributed by atoms with E-state index in [9.17, 15) is 0 Å². The van der Waals surface area contributed by atoms with Crippen molar-refractivity contribution in [2.75, 3.05) is 0 Å². The van der Waals surface area contributed by atoms with Crippen LogP contribution in [0.25, 0.3) is 11.5 Å². The van der Waals surface area contributed by atoms with Gasteiger partial charge in [-0.3, -0.25) is 4.68 Å². The van der Waals surface area contributed by atoms with E-state index in [2.05, 4.69) is 15.3 Å². The zero-order valence-electron chi connectivity index (χ0n) is 16.4. The van der Waals surface area contributed by atoms with Gasteiger partial charge in [0.1, 0.15) is 5.75 Å². The summed E-state index contributed by atoms with van der Waals surface area (Å²) in [6, 6.07) is 9.36. The Morgan fingerprint density at radius 2 is 2.03 bits per heavy atom. The van der Waals surface area contributed by atoms with Crippen molar-refractivity contribution in [3.8, 4) is 29.0 Å². The Labute approximate surface area is 186 Å². The molecule has 0 bridgehead atoms. The molecule has 0 saturated heterocycles. The van der Waals surface area contributed by atoms with Crippen LogP contribution in [0.1, 0.15) is 22.7 Å². The molecule has 0 aliphatic rings. The highest BCUT2D eigenvalue weighted by Gasteiger charge is 2.19. The molecule has 10 heteroatoms. The molecule has 4 aromatic rings. The number of rotatable bonds is 5. The van der Waals surface area contributed by atoms with Gasteiger partial charge in [-0.15, -0.1) is 10.2 Å².